The largest absolute Gasteiger partial charge is 0.490 e. The van der Waals surface area contributed by atoms with Crippen molar-refractivity contribution in [1.82, 2.24) is 10.2 Å². The molecule has 0 atom stereocenters. The first-order chi connectivity index (χ1) is 15.5. The first-order valence-electron chi connectivity index (χ1n) is 10.1. The molecule has 1 N–H and O–H groups in total. The molecule has 0 bridgehead atoms. The van der Waals surface area contributed by atoms with E-state index < -0.39 is 5.91 Å². The minimum atomic E-state index is -0.452. The maximum absolute atomic E-state index is 12.1. The molecule has 9 nitrogen and oxygen atoms in total. The maximum atomic E-state index is 12.1. The Kier molecular flexibility index (Phi) is 8.15. The molecule has 3 aromatic rings. The maximum Gasteiger partial charge on any atom is 0.322 e. The summed E-state index contributed by atoms with van der Waals surface area (Å²) in [5, 5.41) is 11.0. The second kappa shape index (κ2) is 11.2. The number of hydrogen-bond donors (Lipinski definition) is 1. The molecule has 1 heterocycles. The Bertz CT molecular complexity index is 1010. The fraction of sp³-hybridized carbons (Fsp3) is 0.318. The minimum absolute atomic E-state index is 0.0606. The van der Waals surface area contributed by atoms with E-state index in [2.05, 4.69) is 15.5 Å². The van der Waals surface area contributed by atoms with E-state index in [1.165, 1.54) is 0 Å². The Morgan fingerprint density at radius 2 is 1.56 bits per heavy atom. The van der Waals surface area contributed by atoms with Gasteiger partial charge in [-0.3, -0.25) is 10.1 Å². The SMILES string of the molecule is CCOc1cc(-c2nnc(NC(=O)COc3ccc(Cl)cc3)o2)cc(OCC)c1OCC. The lowest BCUT2D eigenvalue weighted by Gasteiger charge is -2.16. The molecule has 0 fully saturated rings. The van der Waals surface area contributed by atoms with Gasteiger partial charge in [0.1, 0.15) is 5.75 Å². The molecule has 10 heteroatoms. The summed E-state index contributed by atoms with van der Waals surface area (Å²) in [6, 6.07) is 10.1. The normalized spacial score (nSPS) is 10.5. The van der Waals surface area contributed by atoms with E-state index >= 15 is 0 Å². The first kappa shape index (κ1) is 23.2. The van der Waals surface area contributed by atoms with Gasteiger partial charge < -0.3 is 23.4 Å². The molecule has 0 saturated heterocycles. The third kappa shape index (κ3) is 6.04. The number of anilines is 1. The zero-order valence-electron chi connectivity index (χ0n) is 18.0. The van der Waals surface area contributed by atoms with E-state index in [1.807, 2.05) is 20.8 Å². The number of aromatic nitrogens is 2. The van der Waals surface area contributed by atoms with E-state index in [4.69, 9.17) is 35.0 Å². The highest BCUT2D eigenvalue weighted by Gasteiger charge is 2.19. The van der Waals surface area contributed by atoms with Gasteiger partial charge in [0, 0.05) is 10.6 Å². The molecule has 2 aromatic carbocycles. The predicted molar refractivity (Wildman–Crippen MR) is 119 cm³/mol. The van der Waals surface area contributed by atoms with Crippen LogP contribution < -0.4 is 24.3 Å². The van der Waals surface area contributed by atoms with Crippen LogP contribution in [0.25, 0.3) is 11.5 Å². The van der Waals surface area contributed by atoms with Gasteiger partial charge in [-0.25, -0.2) is 0 Å². The Morgan fingerprint density at radius 1 is 0.938 bits per heavy atom. The van der Waals surface area contributed by atoms with Crippen LogP contribution in [0.15, 0.2) is 40.8 Å². The zero-order chi connectivity index (χ0) is 22.9. The highest BCUT2D eigenvalue weighted by Crippen LogP contribution is 2.41. The number of hydrogen-bond acceptors (Lipinski definition) is 8. The second-order valence-electron chi connectivity index (χ2n) is 6.30. The van der Waals surface area contributed by atoms with Crippen LogP contribution >= 0.6 is 11.6 Å². The van der Waals surface area contributed by atoms with E-state index in [0.29, 0.717) is 53.4 Å². The highest BCUT2D eigenvalue weighted by atomic mass is 35.5. The van der Waals surface area contributed by atoms with Crippen LogP contribution in [0.5, 0.6) is 23.0 Å². The van der Waals surface area contributed by atoms with Crippen LogP contribution in [0.3, 0.4) is 0 Å². The summed E-state index contributed by atoms with van der Waals surface area (Å²) < 4.78 is 28.1. The molecule has 0 unspecified atom stereocenters. The van der Waals surface area contributed by atoms with Gasteiger partial charge in [-0.2, -0.15) is 0 Å². The number of nitrogens with one attached hydrogen (secondary N) is 1. The molecular formula is C22H24ClN3O6. The van der Waals surface area contributed by atoms with Crippen molar-refractivity contribution in [3.05, 3.63) is 41.4 Å². The van der Waals surface area contributed by atoms with Crippen LogP contribution in [-0.2, 0) is 4.79 Å². The lowest BCUT2D eigenvalue weighted by atomic mass is 10.2. The van der Waals surface area contributed by atoms with Gasteiger partial charge in [-0.1, -0.05) is 16.7 Å². The summed E-state index contributed by atoms with van der Waals surface area (Å²) in [5.41, 5.74) is 0.561. The predicted octanol–water partition coefficient (Wildman–Crippen LogP) is 4.60. The van der Waals surface area contributed by atoms with Crippen LogP contribution in [0.2, 0.25) is 5.02 Å². The fourth-order valence-corrected chi connectivity index (χ4v) is 2.86. The van der Waals surface area contributed by atoms with Gasteiger partial charge in [0.2, 0.25) is 11.6 Å². The van der Waals surface area contributed by atoms with E-state index in [-0.39, 0.29) is 18.5 Å². The average molecular weight is 462 g/mol. The van der Waals surface area contributed by atoms with Crippen molar-refractivity contribution >= 4 is 23.5 Å². The summed E-state index contributed by atoms with van der Waals surface area (Å²) in [5.74, 6) is 1.74. The van der Waals surface area contributed by atoms with Crippen molar-refractivity contribution < 1.29 is 28.2 Å². The van der Waals surface area contributed by atoms with Crippen LogP contribution in [0, 0.1) is 0 Å². The highest BCUT2D eigenvalue weighted by molar-refractivity contribution is 6.30. The van der Waals surface area contributed by atoms with Gasteiger partial charge in [0.05, 0.1) is 19.8 Å². The second-order valence-corrected chi connectivity index (χ2v) is 6.74. The third-order valence-corrected chi connectivity index (χ3v) is 4.26. The Morgan fingerprint density at radius 3 is 2.16 bits per heavy atom. The average Bonchev–Trinajstić information content (AvgIpc) is 3.24. The molecular weight excluding hydrogens is 438 g/mol. The summed E-state index contributed by atoms with van der Waals surface area (Å²) in [6.45, 7) is 6.72. The summed E-state index contributed by atoms with van der Waals surface area (Å²) in [7, 11) is 0. The molecule has 0 aliphatic heterocycles. The molecule has 1 aromatic heterocycles. The lowest BCUT2D eigenvalue weighted by Crippen LogP contribution is -2.20. The van der Waals surface area contributed by atoms with Crippen molar-refractivity contribution in [3.8, 4) is 34.5 Å². The van der Waals surface area contributed by atoms with Gasteiger partial charge in [-0.05, 0) is 57.2 Å². The Hall–Kier alpha value is -3.46. The molecule has 170 valence electrons. The first-order valence-corrected chi connectivity index (χ1v) is 10.5. The number of carbonyl (C=O) groups is 1. The molecule has 0 radical (unpaired) electrons. The lowest BCUT2D eigenvalue weighted by molar-refractivity contribution is -0.118. The third-order valence-electron chi connectivity index (χ3n) is 4.01. The number of nitrogens with zero attached hydrogens (tertiary/aromatic N) is 2. The van der Waals surface area contributed by atoms with Crippen LogP contribution in [0.1, 0.15) is 20.8 Å². The smallest absolute Gasteiger partial charge is 0.322 e. The molecule has 1 amide bonds. The van der Waals surface area contributed by atoms with Crippen molar-refractivity contribution in [3.63, 3.8) is 0 Å². The standard InChI is InChI=1S/C22H24ClN3O6/c1-4-28-17-11-14(12-18(29-5-2)20(17)30-6-3)21-25-26-22(32-21)24-19(27)13-31-16-9-7-15(23)8-10-16/h7-12H,4-6,13H2,1-3H3,(H,24,26,27). The number of benzene rings is 2. The number of halogens is 1. The molecule has 0 aliphatic rings. The van der Waals surface area contributed by atoms with Gasteiger partial charge in [0.15, 0.2) is 18.1 Å². The number of ether oxygens (including phenoxy) is 4. The topological polar surface area (TPSA) is 105 Å². The summed E-state index contributed by atoms with van der Waals surface area (Å²) in [4.78, 5) is 12.1. The molecule has 3 rings (SSSR count). The molecule has 0 spiro atoms. The van der Waals surface area contributed by atoms with Crippen LogP contribution in [-0.4, -0.2) is 42.5 Å². The minimum Gasteiger partial charge on any atom is -0.490 e. The van der Waals surface area contributed by atoms with Gasteiger partial charge in [0.25, 0.3) is 5.91 Å². The monoisotopic (exact) mass is 461 g/mol. The van der Waals surface area contributed by atoms with Crippen LogP contribution in [0.4, 0.5) is 6.01 Å². The van der Waals surface area contributed by atoms with Gasteiger partial charge in [-0.15, -0.1) is 5.10 Å². The summed E-state index contributed by atoms with van der Waals surface area (Å²) >= 11 is 5.83. The molecule has 0 aliphatic carbocycles. The van der Waals surface area contributed by atoms with Crippen molar-refractivity contribution in [2.75, 3.05) is 31.7 Å². The summed E-state index contributed by atoms with van der Waals surface area (Å²) in [6.07, 6.45) is 0. The van der Waals surface area contributed by atoms with E-state index in [0.717, 1.165) is 0 Å². The van der Waals surface area contributed by atoms with Crippen molar-refractivity contribution in [2.24, 2.45) is 0 Å². The Labute approximate surface area is 190 Å². The number of rotatable bonds is 11. The van der Waals surface area contributed by atoms with Crippen molar-refractivity contribution in [2.45, 2.75) is 20.8 Å². The zero-order valence-corrected chi connectivity index (χ0v) is 18.8. The van der Waals surface area contributed by atoms with E-state index in [9.17, 15) is 4.79 Å². The Balaban J connectivity index is 1.73. The molecule has 0 saturated carbocycles. The number of amides is 1. The molecule has 32 heavy (non-hydrogen) atoms. The fourth-order valence-electron chi connectivity index (χ4n) is 2.74. The van der Waals surface area contributed by atoms with Gasteiger partial charge >= 0.3 is 6.01 Å². The van der Waals surface area contributed by atoms with E-state index in [1.54, 1.807) is 36.4 Å². The van der Waals surface area contributed by atoms with Crippen molar-refractivity contribution in [1.29, 1.82) is 0 Å². The number of carbonyl (C=O) groups excluding carboxylic acids is 1. The quantitative estimate of drug-likeness (QED) is 0.441.